The Morgan fingerprint density at radius 1 is 1.00 bits per heavy atom. The first kappa shape index (κ1) is 15.3. The van der Waals surface area contributed by atoms with Crippen LogP contribution in [0.4, 0.5) is 0 Å². The largest absolute Gasteiger partial charge is 0.485 e. The number of Topliss-reactive ketones (excluding diaryl/α,β-unsaturated/α-hetero) is 1. The molecule has 2 aromatic rings. The van der Waals surface area contributed by atoms with Crippen molar-refractivity contribution < 1.29 is 9.53 Å². The number of rotatable bonds is 5. The molecule has 110 valence electrons. The number of ether oxygens (including phenoxy) is 1. The van der Waals surface area contributed by atoms with Crippen molar-refractivity contribution in [1.29, 1.82) is 0 Å². The zero-order valence-corrected chi connectivity index (χ0v) is 13.2. The van der Waals surface area contributed by atoms with Crippen molar-refractivity contribution in [2.75, 3.05) is 6.61 Å². The molecular formula is C19H22O2. The van der Waals surface area contributed by atoms with Gasteiger partial charge in [-0.2, -0.15) is 0 Å². The standard InChI is InChI=1S/C19H22O2/c1-5-16-8-6-7-9-19(16)21-12-18(20)17-11-14(3)13(2)10-15(17)4/h6-11H,5,12H2,1-4H3. The van der Waals surface area contributed by atoms with E-state index in [2.05, 4.69) is 19.9 Å². The lowest BCUT2D eigenvalue weighted by Crippen LogP contribution is -2.14. The molecule has 0 radical (unpaired) electrons. The van der Waals surface area contributed by atoms with E-state index < -0.39 is 0 Å². The van der Waals surface area contributed by atoms with Crippen LogP contribution in [0.3, 0.4) is 0 Å². The third-order valence-electron chi connectivity index (χ3n) is 3.85. The molecule has 0 heterocycles. The number of carbonyl (C=O) groups is 1. The van der Waals surface area contributed by atoms with Gasteiger partial charge in [-0.3, -0.25) is 4.79 Å². The second kappa shape index (κ2) is 6.57. The monoisotopic (exact) mass is 282 g/mol. The summed E-state index contributed by atoms with van der Waals surface area (Å²) < 4.78 is 5.72. The third-order valence-corrected chi connectivity index (χ3v) is 3.85. The predicted molar refractivity (Wildman–Crippen MR) is 86.3 cm³/mol. The third kappa shape index (κ3) is 3.52. The zero-order valence-electron chi connectivity index (χ0n) is 13.2. The second-order valence-corrected chi connectivity index (χ2v) is 5.42. The van der Waals surface area contributed by atoms with Gasteiger partial charge in [-0.15, -0.1) is 0 Å². The van der Waals surface area contributed by atoms with Crippen LogP contribution in [0.25, 0.3) is 0 Å². The molecule has 0 bridgehead atoms. The summed E-state index contributed by atoms with van der Waals surface area (Å²) in [6.45, 7) is 8.22. The first-order valence-corrected chi connectivity index (χ1v) is 7.34. The highest BCUT2D eigenvalue weighted by Crippen LogP contribution is 2.20. The number of hydrogen-bond donors (Lipinski definition) is 0. The van der Waals surface area contributed by atoms with Crippen molar-refractivity contribution in [1.82, 2.24) is 0 Å². The molecule has 0 fully saturated rings. The molecule has 0 atom stereocenters. The average molecular weight is 282 g/mol. The molecule has 2 heteroatoms. The number of aryl methyl sites for hydroxylation is 4. The van der Waals surface area contributed by atoms with Gasteiger partial charge in [0.1, 0.15) is 5.75 Å². The van der Waals surface area contributed by atoms with Crippen molar-refractivity contribution in [3.8, 4) is 5.75 Å². The summed E-state index contributed by atoms with van der Waals surface area (Å²) in [5.74, 6) is 0.830. The van der Waals surface area contributed by atoms with Crippen LogP contribution < -0.4 is 4.74 Å². The van der Waals surface area contributed by atoms with Gasteiger partial charge in [-0.25, -0.2) is 0 Å². The minimum Gasteiger partial charge on any atom is -0.485 e. The molecule has 0 aliphatic rings. The molecule has 0 aromatic heterocycles. The molecular weight excluding hydrogens is 260 g/mol. The van der Waals surface area contributed by atoms with Crippen molar-refractivity contribution in [2.24, 2.45) is 0 Å². The Morgan fingerprint density at radius 2 is 1.67 bits per heavy atom. The molecule has 0 aliphatic carbocycles. The Labute approximate surface area is 126 Å². The molecule has 0 N–H and O–H groups in total. The smallest absolute Gasteiger partial charge is 0.200 e. The fourth-order valence-corrected chi connectivity index (χ4v) is 2.42. The lowest BCUT2D eigenvalue weighted by Gasteiger charge is -2.12. The summed E-state index contributed by atoms with van der Waals surface area (Å²) in [4.78, 5) is 12.4. The van der Waals surface area contributed by atoms with Gasteiger partial charge in [0.05, 0.1) is 0 Å². The molecule has 0 aliphatic heterocycles. The SMILES string of the molecule is CCc1ccccc1OCC(=O)c1cc(C)c(C)cc1C. The summed E-state index contributed by atoms with van der Waals surface area (Å²) in [6, 6.07) is 11.9. The molecule has 2 aromatic carbocycles. The predicted octanol–water partition coefficient (Wildman–Crippen LogP) is 4.44. The summed E-state index contributed by atoms with van der Waals surface area (Å²) in [5, 5.41) is 0. The Morgan fingerprint density at radius 3 is 2.38 bits per heavy atom. The molecule has 2 rings (SSSR count). The molecule has 21 heavy (non-hydrogen) atoms. The number of ketones is 1. The number of carbonyl (C=O) groups excluding carboxylic acids is 1. The Balaban J connectivity index is 2.14. The minimum atomic E-state index is 0.0292. The molecule has 0 amide bonds. The lowest BCUT2D eigenvalue weighted by atomic mass is 9.98. The molecule has 0 saturated heterocycles. The van der Waals surface area contributed by atoms with E-state index >= 15 is 0 Å². The topological polar surface area (TPSA) is 26.3 Å². The number of hydrogen-bond acceptors (Lipinski definition) is 2. The summed E-state index contributed by atoms with van der Waals surface area (Å²) in [5.41, 5.74) is 5.24. The molecule has 0 spiro atoms. The Hall–Kier alpha value is -2.09. The van der Waals surface area contributed by atoms with E-state index in [1.54, 1.807) is 0 Å². The van der Waals surface area contributed by atoms with Crippen molar-refractivity contribution >= 4 is 5.78 Å². The average Bonchev–Trinajstić information content (AvgIpc) is 2.48. The van der Waals surface area contributed by atoms with Crippen LogP contribution in [0, 0.1) is 20.8 Å². The molecule has 2 nitrogen and oxygen atoms in total. The zero-order chi connectivity index (χ0) is 15.4. The summed E-state index contributed by atoms with van der Waals surface area (Å²) in [7, 11) is 0. The van der Waals surface area contributed by atoms with Crippen molar-refractivity contribution in [3.05, 3.63) is 64.2 Å². The molecule has 0 saturated carbocycles. The van der Waals surface area contributed by atoms with E-state index in [0.717, 1.165) is 34.4 Å². The van der Waals surface area contributed by atoms with Gasteiger partial charge in [-0.1, -0.05) is 31.2 Å². The van der Waals surface area contributed by atoms with Gasteiger partial charge in [0.15, 0.2) is 12.4 Å². The van der Waals surface area contributed by atoms with Gasteiger partial charge in [0.25, 0.3) is 0 Å². The maximum Gasteiger partial charge on any atom is 0.200 e. The fourth-order valence-electron chi connectivity index (χ4n) is 2.42. The maximum atomic E-state index is 12.4. The van der Waals surface area contributed by atoms with E-state index in [9.17, 15) is 4.79 Å². The minimum absolute atomic E-state index is 0.0292. The van der Waals surface area contributed by atoms with Gasteiger partial charge in [0.2, 0.25) is 0 Å². The Kier molecular flexibility index (Phi) is 4.79. The first-order valence-electron chi connectivity index (χ1n) is 7.34. The van der Waals surface area contributed by atoms with Crippen LogP contribution in [0.1, 0.15) is 39.5 Å². The van der Waals surface area contributed by atoms with Crippen LogP contribution in [0.15, 0.2) is 36.4 Å². The summed E-state index contributed by atoms with van der Waals surface area (Å²) in [6.07, 6.45) is 0.896. The fraction of sp³-hybridized carbons (Fsp3) is 0.316. The number of para-hydroxylation sites is 1. The second-order valence-electron chi connectivity index (χ2n) is 5.42. The number of benzene rings is 2. The van der Waals surface area contributed by atoms with Gasteiger partial charge < -0.3 is 4.74 Å². The van der Waals surface area contributed by atoms with E-state index in [1.807, 2.05) is 44.2 Å². The van der Waals surface area contributed by atoms with Crippen molar-refractivity contribution in [2.45, 2.75) is 34.1 Å². The van der Waals surface area contributed by atoms with Gasteiger partial charge in [0, 0.05) is 5.56 Å². The Bertz CT molecular complexity index is 657. The van der Waals surface area contributed by atoms with E-state index in [1.165, 1.54) is 5.56 Å². The van der Waals surface area contributed by atoms with Crippen LogP contribution in [-0.4, -0.2) is 12.4 Å². The van der Waals surface area contributed by atoms with Crippen LogP contribution in [0.2, 0.25) is 0 Å². The molecule has 0 unspecified atom stereocenters. The summed E-state index contributed by atoms with van der Waals surface area (Å²) >= 11 is 0. The van der Waals surface area contributed by atoms with Crippen LogP contribution >= 0.6 is 0 Å². The lowest BCUT2D eigenvalue weighted by molar-refractivity contribution is 0.0920. The highest BCUT2D eigenvalue weighted by atomic mass is 16.5. The quantitative estimate of drug-likeness (QED) is 0.758. The van der Waals surface area contributed by atoms with E-state index in [0.29, 0.717) is 0 Å². The normalized spacial score (nSPS) is 10.5. The maximum absolute atomic E-state index is 12.4. The van der Waals surface area contributed by atoms with E-state index in [-0.39, 0.29) is 12.4 Å². The van der Waals surface area contributed by atoms with Gasteiger partial charge >= 0.3 is 0 Å². The highest BCUT2D eigenvalue weighted by molar-refractivity contribution is 5.98. The van der Waals surface area contributed by atoms with Crippen molar-refractivity contribution in [3.63, 3.8) is 0 Å². The first-order chi connectivity index (χ1) is 10.0. The van der Waals surface area contributed by atoms with E-state index in [4.69, 9.17) is 4.74 Å². The van der Waals surface area contributed by atoms with Gasteiger partial charge in [-0.05, 0) is 61.6 Å². The highest BCUT2D eigenvalue weighted by Gasteiger charge is 2.12. The van der Waals surface area contributed by atoms with Crippen LogP contribution in [0.5, 0.6) is 5.75 Å². The van der Waals surface area contributed by atoms with Crippen LogP contribution in [-0.2, 0) is 6.42 Å².